The Hall–Kier alpha value is -1.68. The van der Waals surface area contributed by atoms with Gasteiger partial charge in [-0.3, -0.25) is 0 Å². The molecule has 0 bridgehead atoms. The molecular formula is C12H8BrN3. The monoisotopic (exact) mass is 273 g/mol. The highest BCUT2D eigenvalue weighted by Crippen LogP contribution is 2.18. The van der Waals surface area contributed by atoms with Crippen LogP contribution in [0.5, 0.6) is 0 Å². The molecule has 0 saturated carbocycles. The van der Waals surface area contributed by atoms with Gasteiger partial charge in [-0.05, 0) is 30.3 Å². The lowest BCUT2D eigenvalue weighted by atomic mass is 10.3. The van der Waals surface area contributed by atoms with E-state index in [9.17, 15) is 0 Å². The van der Waals surface area contributed by atoms with E-state index in [4.69, 9.17) is 0 Å². The van der Waals surface area contributed by atoms with Crippen LogP contribution in [-0.2, 0) is 0 Å². The first-order chi connectivity index (χ1) is 7.84. The van der Waals surface area contributed by atoms with Gasteiger partial charge in [0.1, 0.15) is 5.52 Å². The number of aromatic nitrogens is 3. The van der Waals surface area contributed by atoms with Gasteiger partial charge in [-0.1, -0.05) is 39.3 Å². The van der Waals surface area contributed by atoms with Crippen LogP contribution >= 0.6 is 15.9 Å². The summed E-state index contributed by atoms with van der Waals surface area (Å²) in [6.07, 6.45) is 0. The van der Waals surface area contributed by atoms with Crippen LogP contribution in [0, 0.1) is 0 Å². The van der Waals surface area contributed by atoms with Crippen LogP contribution in [0.25, 0.3) is 16.7 Å². The Bertz CT molecular complexity index is 645. The van der Waals surface area contributed by atoms with E-state index >= 15 is 0 Å². The SMILES string of the molecule is Brc1cccc(-n2nnc3ccccc32)c1. The normalized spacial score (nSPS) is 10.8. The molecule has 4 heteroatoms. The van der Waals surface area contributed by atoms with Gasteiger partial charge < -0.3 is 0 Å². The van der Waals surface area contributed by atoms with E-state index < -0.39 is 0 Å². The van der Waals surface area contributed by atoms with Gasteiger partial charge in [0.2, 0.25) is 0 Å². The van der Waals surface area contributed by atoms with Crippen molar-refractivity contribution in [2.45, 2.75) is 0 Å². The highest BCUT2D eigenvalue weighted by Gasteiger charge is 2.05. The van der Waals surface area contributed by atoms with Crippen LogP contribution in [0.4, 0.5) is 0 Å². The average Bonchev–Trinajstić information content (AvgIpc) is 2.72. The lowest BCUT2D eigenvalue weighted by Crippen LogP contribution is -1.95. The summed E-state index contributed by atoms with van der Waals surface area (Å²) in [6, 6.07) is 15.9. The fraction of sp³-hybridized carbons (Fsp3) is 0. The van der Waals surface area contributed by atoms with E-state index in [2.05, 4.69) is 26.2 Å². The van der Waals surface area contributed by atoms with Gasteiger partial charge in [0.25, 0.3) is 0 Å². The molecule has 0 N–H and O–H groups in total. The average molecular weight is 274 g/mol. The molecule has 0 unspecified atom stereocenters. The number of nitrogens with zero attached hydrogens (tertiary/aromatic N) is 3. The number of hydrogen-bond donors (Lipinski definition) is 0. The molecule has 1 aromatic heterocycles. The van der Waals surface area contributed by atoms with E-state index in [1.54, 1.807) is 0 Å². The van der Waals surface area contributed by atoms with Gasteiger partial charge in [0.05, 0.1) is 11.2 Å². The highest BCUT2D eigenvalue weighted by atomic mass is 79.9. The summed E-state index contributed by atoms with van der Waals surface area (Å²) in [4.78, 5) is 0. The first-order valence-corrected chi connectivity index (χ1v) is 5.70. The molecule has 3 rings (SSSR count). The molecule has 3 nitrogen and oxygen atoms in total. The Labute approximate surface area is 101 Å². The third kappa shape index (κ3) is 1.51. The van der Waals surface area contributed by atoms with Crippen molar-refractivity contribution in [3.8, 4) is 5.69 Å². The lowest BCUT2D eigenvalue weighted by molar-refractivity contribution is 0.823. The smallest absolute Gasteiger partial charge is 0.113 e. The van der Waals surface area contributed by atoms with Crippen molar-refractivity contribution in [3.05, 3.63) is 53.0 Å². The fourth-order valence-electron chi connectivity index (χ4n) is 1.67. The van der Waals surface area contributed by atoms with Gasteiger partial charge in [-0.2, -0.15) is 0 Å². The van der Waals surface area contributed by atoms with E-state index in [0.717, 1.165) is 21.2 Å². The van der Waals surface area contributed by atoms with Crippen LogP contribution in [0.15, 0.2) is 53.0 Å². The molecule has 2 aromatic carbocycles. The second kappa shape index (κ2) is 3.72. The summed E-state index contributed by atoms with van der Waals surface area (Å²) in [5, 5.41) is 8.27. The third-order valence-corrected chi connectivity index (χ3v) is 2.90. The zero-order valence-electron chi connectivity index (χ0n) is 8.34. The van der Waals surface area contributed by atoms with Crippen LogP contribution in [0.3, 0.4) is 0 Å². The Morgan fingerprint density at radius 1 is 1.00 bits per heavy atom. The minimum absolute atomic E-state index is 0.905. The molecule has 0 saturated heterocycles. The molecular weight excluding hydrogens is 266 g/mol. The zero-order valence-corrected chi connectivity index (χ0v) is 9.92. The fourth-order valence-corrected chi connectivity index (χ4v) is 2.05. The molecule has 0 aliphatic rings. The maximum atomic E-state index is 4.15. The number of fused-ring (bicyclic) bond motifs is 1. The van der Waals surface area contributed by atoms with Crippen LogP contribution < -0.4 is 0 Å². The summed E-state index contributed by atoms with van der Waals surface area (Å²) in [6.45, 7) is 0. The third-order valence-electron chi connectivity index (χ3n) is 2.40. The highest BCUT2D eigenvalue weighted by molar-refractivity contribution is 9.10. The van der Waals surface area contributed by atoms with Crippen molar-refractivity contribution < 1.29 is 0 Å². The summed E-state index contributed by atoms with van der Waals surface area (Å²) in [5.74, 6) is 0. The maximum Gasteiger partial charge on any atom is 0.113 e. The number of benzene rings is 2. The predicted molar refractivity (Wildman–Crippen MR) is 66.6 cm³/mol. The number of halogens is 1. The minimum atomic E-state index is 0.905. The second-order valence-corrected chi connectivity index (χ2v) is 4.39. The van der Waals surface area contributed by atoms with E-state index in [0.29, 0.717) is 0 Å². The van der Waals surface area contributed by atoms with Crippen molar-refractivity contribution in [1.29, 1.82) is 0 Å². The Morgan fingerprint density at radius 3 is 2.75 bits per heavy atom. The molecule has 78 valence electrons. The molecule has 0 aliphatic carbocycles. The van der Waals surface area contributed by atoms with Crippen molar-refractivity contribution in [3.63, 3.8) is 0 Å². The van der Waals surface area contributed by atoms with Gasteiger partial charge in [0, 0.05) is 4.47 Å². The summed E-state index contributed by atoms with van der Waals surface area (Å²) in [5.41, 5.74) is 2.92. The molecule has 0 amide bonds. The molecule has 3 aromatic rings. The molecule has 0 atom stereocenters. The van der Waals surface area contributed by atoms with Gasteiger partial charge in [-0.25, -0.2) is 4.68 Å². The Balaban J connectivity index is 2.26. The quantitative estimate of drug-likeness (QED) is 0.682. The number of hydrogen-bond acceptors (Lipinski definition) is 2. The van der Waals surface area contributed by atoms with Crippen LogP contribution in [-0.4, -0.2) is 15.0 Å². The first-order valence-electron chi connectivity index (χ1n) is 4.91. The van der Waals surface area contributed by atoms with Crippen molar-refractivity contribution in [1.82, 2.24) is 15.0 Å². The zero-order chi connectivity index (χ0) is 11.0. The second-order valence-electron chi connectivity index (χ2n) is 3.47. The summed E-state index contributed by atoms with van der Waals surface area (Å²) < 4.78 is 2.87. The maximum absolute atomic E-state index is 4.15. The van der Waals surface area contributed by atoms with Crippen molar-refractivity contribution in [2.75, 3.05) is 0 Å². The Kier molecular flexibility index (Phi) is 2.22. The topological polar surface area (TPSA) is 30.7 Å². The molecule has 0 fully saturated rings. The summed E-state index contributed by atoms with van der Waals surface area (Å²) in [7, 11) is 0. The molecule has 16 heavy (non-hydrogen) atoms. The van der Waals surface area contributed by atoms with Gasteiger partial charge >= 0.3 is 0 Å². The lowest BCUT2D eigenvalue weighted by Gasteiger charge is -2.01. The Morgan fingerprint density at radius 2 is 1.88 bits per heavy atom. The summed E-state index contributed by atoms with van der Waals surface area (Å²) >= 11 is 3.45. The molecule has 0 radical (unpaired) electrons. The molecule has 0 spiro atoms. The predicted octanol–water partition coefficient (Wildman–Crippen LogP) is 3.18. The first kappa shape index (κ1) is 9.54. The van der Waals surface area contributed by atoms with Crippen LogP contribution in [0.1, 0.15) is 0 Å². The van der Waals surface area contributed by atoms with Gasteiger partial charge in [0.15, 0.2) is 0 Å². The standard InChI is InChI=1S/C12H8BrN3/c13-9-4-3-5-10(8-9)16-12-7-2-1-6-11(12)14-15-16/h1-8H. The molecule has 0 aliphatic heterocycles. The van der Waals surface area contributed by atoms with E-state index in [-0.39, 0.29) is 0 Å². The number of para-hydroxylation sites is 1. The molecule has 1 heterocycles. The largest absolute Gasteiger partial charge is 0.213 e. The minimum Gasteiger partial charge on any atom is -0.213 e. The van der Waals surface area contributed by atoms with Crippen molar-refractivity contribution in [2.24, 2.45) is 0 Å². The van der Waals surface area contributed by atoms with E-state index in [1.807, 2.05) is 53.2 Å². The van der Waals surface area contributed by atoms with Crippen LogP contribution in [0.2, 0.25) is 0 Å². The number of rotatable bonds is 1. The van der Waals surface area contributed by atoms with E-state index in [1.165, 1.54) is 0 Å². The van der Waals surface area contributed by atoms with Crippen molar-refractivity contribution >= 4 is 27.0 Å². The van der Waals surface area contributed by atoms with Gasteiger partial charge in [-0.15, -0.1) is 5.10 Å².